The summed E-state index contributed by atoms with van der Waals surface area (Å²) in [5.74, 6) is 2.91. The summed E-state index contributed by atoms with van der Waals surface area (Å²) in [6.07, 6.45) is 5.30. The van der Waals surface area contributed by atoms with Crippen LogP contribution in [0.1, 0.15) is 32.6 Å². The summed E-state index contributed by atoms with van der Waals surface area (Å²) in [6.45, 7) is 2.30. The summed E-state index contributed by atoms with van der Waals surface area (Å²) in [6, 6.07) is 7.56. The Kier molecular flexibility index (Phi) is 4.88. The topological polar surface area (TPSA) is 62.7 Å². The van der Waals surface area contributed by atoms with Crippen LogP contribution in [-0.2, 0) is 11.3 Å². The van der Waals surface area contributed by atoms with E-state index < -0.39 is 0 Å². The smallest absolute Gasteiger partial charge is 0.240 e. The van der Waals surface area contributed by atoms with E-state index in [9.17, 15) is 4.79 Å². The molecule has 138 valence electrons. The number of nitrogens with one attached hydrogen (secondary N) is 2. The van der Waals surface area contributed by atoms with Gasteiger partial charge in [0.25, 0.3) is 0 Å². The van der Waals surface area contributed by atoms with Gasteiger partial charge >= 0.3 is 0 Å². The average molecular weight is 391 g/mol. The van der Waals surface area contributed by atoms with E-state index in [0.29, 0.717) is 21.5 Å². The zero-order valence-corrected chi connectivity index (χ0v) is 16.3. The number of nitrogens with zero attached hydrogens (tertiary/aromatic N) is 2. The van der Waals surface area contributed by atoms with Crippen LogP contribution in [0.15, 0.2) is 24.3 Å². The highest BCUT2D eigenvalue weighted by molar-refractivity contribution is 7.71. The lowest BCUT2D eigenvalue weighted by atomic mass is 9.84. The Morgan fingerprint density at radius 3 is 2.81 bits per heavy atom. The van der Waals surface area contributed by atoms with Crippen LogP contribution in [0, 0.1) is 22.5 Å². The lowest BCUT2D eigenvalue weighted by Gasteiger charge is -2.28. The van der Waals surface area contributed by atoms with Gasteiger partial charge in [-0.2, -0.15) is 5.10 Å². The molecule has 1 aromatic carbocycles. The number of benzene rings is 1. The standard InChI is InChI=1S/C19H23ClN4OS/c1-11(16-9-12-2-3-14(16)8-12)21-17(25)10-24-18(22-23-19(24)26)13-4-6-15(20)7-5-13/h4-7,11-12,14,16H,2-3,8-10H2,1H3,(H,21,25)(H,23,26). The van der Waals surface area contributed by atoms with Crippen LogP contribution in [-0.4, -0.2) is 26.7 Å². The summed E-state index contributed by atoms with van der Waals surface area (Å²) in [7, 11) is 0. The first-order valence-corrected chi connectivity index (χ1v) is 10.0. The van der Waals surface area contributed by atoms with E-state index in [2.05, 4.69) is 22.4 Å². The monoisotopic (exact) mass is 390 g/mol. The van der Waals surface area contributed by atoms with Crippen molar-refractivity contribution < 1.29 is 4.79 Å². The van der Waals surface area contributed by atoms with Crippen LogP contribution in [0.3, 0.4) is 0 Å². The lowest BCUT2D eigenvalue weighted by molar-refractivity contribution is -0.122. The van der Waals surface area contributed by atoms with Gasteiger partial charge in [0.15, 0.2) is 10.6 Å². The van der Waals surface area contributed by atoms with Crippen LogP contribution in [0.2, 0.25) is 5.02 Å². The van der Waals surface area contributed by atoms with Crippen LogP contribution < -0.4 is 5.32 Å². The molecule has 0 aliphatic heterocycles. The van der Waals surface area contributed by atoms with E-state index in [-0.39, 0.29) is 18.5 Å². The quantitative estimate of drug-likeness (QED) is 0.752. The molecule has 2 fully saturated rings. The van der Waals surface area contributed by atoms with Crippen molar-refractivity contribution in [1.29, 1.82) is 0 Å². The summed E-state index contributed by atoms with van der Waals surface area (Å²) >= 11 is 11.3. The van der Waals surface area contributed by atoms with Gasteiger partial charge in [-0.05, 0) is 80.4 Å². The number of halogens is 1. The number of carbonyl (C=O) groups is 1. The molecule has 26 heavy (non-hydrogen) atoms. The Labute approximate surface area is 163 Å². The van der Waals surface area contributed by atoms with Crippen molar-refractivity contribution in [1.82, 2.24) is 20.1 Å². The van der Waals surface area contributed by atoms with Crippen molar-refractivity contribution in [2.45, 2.75) is 45.2 Å². The fourth-order valence-electron chi connectivity index (χ4n) is 4.74. The number of aromatic amines is 1. The maximum atomic E-state index is 12.6. The second kappa shape index (κ2) is 7.16. The third-order valence-corrected chi connectivity index (χ3v) is 6.55. The Balaban J connectivity index is 1.45. The van der Waals surface area contributed by atoms with Crippen molar-refractivity contribution in [2.75, 3.05) is 0 Å². The van der Waals surface area contributed by atoms with Gasteiger partial charge in [0, 0.05) is 16.6 Å². The second-order valence-electron chi connectivity index (χ2n) is 7.64. The molecule has 1 aromatic heterocycles. The molecule has 2 saturated carbocycles. The molecule has 0 radical (unpaired) electrons. The number of amides is 1. The average Bonchev–Trinajstić information content (AvgIpc) is 3.33. The van der Waals surface area contributed by atoms with E-state index in [1.165, 1.54) is 25.7 Å². The first-order valence-electron chi connectivity index (χ1n) is 9.21. The van der Waals surface area contributed by atoms with Crippen LogP contribution in [0.25, 0.3) is 11.4 Å². The molecule has 4 atom stereocenters. The highest BCUT2D eigenvalue weighted by Gasteiger charge is 2.42. The zero-order valence-electron chi connectivity index (χ0n) is 14.7. The molecule has 1 heterocycles. The molecule has 5 nitrogen and oxygen atoms in total. The summed E-state index contributed by atoms with van der Waals surface area (Å²) in [5.41, 5.74) is 0.871. The maximum absolute atomic E-state index is 12.6. The molecule has 2 aliphatic carbocycles. The third-order valence-electron chi connectivity index (χ3n) is 5.99. The van der Waals surface area contributed by atoms with Crippen molar-refractivity contribution in [2.24, 2.45) is 17.8 Å². The van der Waals surface area contributed by atoms with Gasteiger partial charge in [0.1, 0.15) is 6.54 Å². The van der Waals surface area contributed by atoms with Gasteiger partial charge in [-0.25, -0.2) is 0 Å². The minimum atomic E-state index is -0.0204. The minimum absolute atomic E-state index is 0.0204. The Hall–Kier alpha value is -1.66. The fraction of sp³-hybridized carbons (Fsp3) is 0.526. The molecule has 2 aliphatic rings. The van der Waals surface area contributed by atoms with Crippen LogP contribution >= 0.6 is 23.8 Å². The summed E-state index contributed by atoms with van der Waals surface area (Å²) in [4.78, 5) is 12.6. The molecular formula is C19H23ClN4OS. The number of hydrogen-bond acceptors (Lipinski definition) is 3. The number of carbonyl (C=O) groups excluding carboxylic acids is 1. The van der Waals surface area contributed by atoms with E-state index in [1.807, 2.05) is 12.1 Å². The number of aromatic nitrogens is 3. The molecule has 1 amide bonds. The molecule has 4 unspecified atom stereocenters. The molecule has 2 aromatic rings. The lowest BCUT2D eigenvalue weighted by Crippen LogP contribution is -2.41. The van der Waals surface area contributed by atoms with Gasteiger partial charge < -0.3 is 5.32 Å². The number of H-pyrrole nitrogens is 1. The third kappa shape index (κ3) is 3.45. The predicted octanol–water partition coefficient (Wildman–Crippen LogP) is 4.20. The van der Waals surface area contributed by atoms with Gasteiger partial charge in [-0.15, -0.1) is 0 Å². The Bertz CT molecular complexity index is 859. The predicted molar refractivity (Wildman–Crippen MR) is 104 cm³/mol. The van der Waals surface area contributed by atoms with Gasteiger partial charge in [-0.3, -0.25) is 14.5 Å². The molecule has 2 N–H and O–H groups in total. The highest BCUT2D eigenvalue weighted by atomic mass is 35.5. The minimum Gasteiger partial charge on any atom is -0.352 e. The van der Waals surface area contributed by atoms with E-state index >= 15 is 0 Å². The number of fused-ring (bicyclic) bond motifs is 2. The maximum Gasteiger partial charge on any atom is 0.240 e. The number of rotatable bonds is 5. The number of hydrogen-bond donors (Lipinski definition) is 2. The molecule has 0 spiro atoms. The molecule has 7 heteroatoms. The largest absolute Gasteiger partial charge is 0.352 e. The molecular weight excluding hydrogens is 368 g/mol. The Morgan fingerprint density at radius 2 is 2.15 bits per heavy atom. The zero-order chi connectivity index (χ0) is 18.3. The molecule has 2 bridgehead atoms. The van der Waals surface area contributed by atoms with E-state index in [1.54, 1.807) is 16.7 Å². The molecule has 4 rings (SSSR count). The van der Waals surface area contributed by atoms with E-state index in [4.69, 9.17) is 23.8 Å². The summed E-state index contributed by atoms with van der Waals surface area (Å²) in [5, 5.41) is 10.9. The normalized spacial score (nSPS) is 25.4. The van der Waals surface area contributed by atoms with Crippen LogP contribution in [0.5, 0.6) is 0 Å². The first-order chi connectivity index (χ1) is 12.5. The van der Waals surface area contributed by atoms with Crippen molar-refractivity contribution in [3.63, 3.8) is 0 Å². The first kappa shape index (κ1) is 17.7. The van der Waals surface area contributed by atoms with Crippen molar-refractivity contribution in [3.8, 4) is 11.4 Å². The SMILES string of the molecule is CC(NC(=O)Cn1c(-c2ccc(Cl)cc2)n[nH]c1=S)C1CC2CCC1C2. The van der Waals surface area contributed by atoms with Crippen LogP contribution in [0.4, 0.5) is 0 Å². The van der Waals surface area contributed by atoms with Gasteiger partial charge in [0.05, 0.1) is 0 Å². The summed E-state index contributed by atoms with van der Waals surface area (Å²) < 4.78 is 2.18. The highest BCUT2D eigenvalue weighted by Crippen LogP contribution is 2.49. The van der Waals surface area contributed by atoms with Gasteiger partial charge in [0.2, 0.25) is 5.91 Å². The fourth-order valence-corrected chi connectivity index (χ4v) is 5.06. The second-order valence-corrected chi connectivity index (χ2v) is 8.46. The Morgan fingerprint density at radius 1 is 1.38 bits per heavy atom. The van der Waals surface area contributed by atoms with E-state index in [0.717, 1.165) is 17.4 Å². The van der Waals surface area contributed by atoms with Crippen molar-refractivity contribution >= 4 is 29.7 Å². The molecule has 0 saturated heterocycles. The van der Waals surface area contributed by atoms with Gasteiger partial charge in [-0.1, -0.05) is 18.0 Å². The van der Waals surface area contributed by atoms with Crippen molar-refractivity contribution in [3.05, 3.63) is 34.1 Å².